The fourth-order valence-electron chi connectivity index (χ4n) is 3.91. The van der Waals surface area contributed by atoms with Gasteiger partial charge in [-0.15, -0.1) is 0 Å². The predicted octanol–water partition coefficient (Wildman–Crippen LogP) is 6.73. The number of piperidine rings is 1. The van der Waals surface area contributed by atoms with E-state index in [1.54, 1.807) is 7.11 Å². The van der Waals surface area contributed by atoms with Gasteiger partial charge in [0.25, 0.3) is 0 Å². The highest BCUT2D eigenvalue weighted by molar-refractivity contribution is 5.71. The van der Waals surface area contributed by atoms with E-state index in [0.29, 0.717) is 23.0 Å². The Bertz CT molecular complexity index is 895. The molecule has 0 saturated carbocycles. The Hall–Kier alpha value is -2.84. The van der Waals surface area contributed by atoms with Gasteiger partial charge in [-0.25, -0.2) is 4.39 Å². The van der Waals surface area contributed by atoms with E-state index in [4.69, 9.17) is 9.47 Å². The van der Waals surface area contributed by atoms with E-state index in [9.17, 15) is 9.65 Å². The maximum absolute atomic E-state index is 13.0. The lowest BCUT2D eigenvalue weighted by Gasteiger charge is -2.33. The van der Waals surface area contributed by atoms with E-state index in [1.165, 1.54) is 19.2 Å². The smallest absolute Gasteiger partial charge is 0.178 e. The van der Waals surface area contributed by atoms with Crippen LogP contribution in [0, 0.1) is 23.1 Å². The number of hydrogen-bond acceptors (Lipinski definition) is 4. The van der Waals surface area contributed by atoms with Gasteiger partial charge in [-0.05, 0) is 79.2 Å². The van der Waals surface area contributed by atoms with E-state index < -0.39 is 0 Å². The summed E-state index contributed by atoms with van der Waals surface area (Å²) in [6.07, 6.45) is 2.98. The Morgan fingerprint density at radius 1 is 1.06 bits per heavy atom. The van der Waals surface area contributed by atoms with Crippen molar-refractivity contribution in [2.24, 2.45) is 5.92 Å². The molecular formula is C28H39FN2O2. The van der Waals surface area contributed by atoms with Crippen LogP contribution < -0.4 is 9.47 Å². The van der Waals surface area contributed by atoms with Crippen LogP contribution in [-0.4, -0.2) is 38.8 Å². The molecule has 0 spiro atoms. The third-order valence-corrected chi connectivity index (χ3v) is 5.68. The second kappa shape index (κ2) is 15.1. The first-order valence-corrected chi connectivity index (χ1v) is 11.9. The van der Waals surface area contributed by atoms with Crippen molar-refractivity contribution in [2.45, 2.75) is 47.0 Å². The Kier molecular flexibility index (Phi) is 12.9. The summed E-state index contributed by atoms with van der Waals surface area (Å²) in [4.78, 5) is 2.45. The summed E-state index contributed by atoms with van der Waals surface area (Å²) in [5.74, 6) is 1.20. The summed E-state index contributed by atoms with van der Waals surface area (Å²) in [5.41, 5.74) is 3.59. The molecule has 0 radical (unpaired) electrons. The van der Waals surface area contributed by atoms with Crippen molar-refractivity contribution in [1.29, 1.82) is 5.26 Å². The van der Waals surface area contributed by atoms with Gasteiger partial charge in [0.15, 0.2) is 11.5 Å². The SMILES string of the molecule is C=C(c1cc(C#N)c(OC)c(OC)c1)C1CCN(CCc2ccc(F)cc2)CC1.CC.CC. The monoisotopic (exact) mass is 454 g/mol. The molecule has 3 rings (SSSR count). The van der Waals surface area contributed by atoms with Crippen molar-refractivity contribution in [1.82, 2.24) is 4.90 Å². The molecule has 0 bridgehead atoms. The van der Waals surface area contributed by atoms with Crippen LogP contribution >= 0.6 is 0 Å². The molecule has 1 aliphatic heterocycles. The fraction of sp³-hybridized carbons (Fsp3) is 0.464. The molecule has 1 saturated heterocycles. The molecular weight excluding hydrogens is 415 g/mol. The van der Waals surface area contributed by atoms with E-state index in [-0.39, 0.29) is 5.82 Å². The molecule has 0 atom stereocenters. The molecule has 4 nitrogen and oxygen atoms in total. The third kappa shape index (κ3) is 7.91. The molecule has 0 amide bonds. The number of hydrogen-bond donors (Lipinski definition) is 0. The summed E-state index contributed by atoms with van der Waals surface area (Å²) < 4.78 is 23.8. The van der Waals surface area contributed by atoms with Gasteiger partial charge in [-0.3, -0.25) is 0 Å². The Morgan fingerprint density at radius 2 is 1.67 bits per heavy atom. The van der Waals surface area contributed by atoms with Crippen molar-refractivity contribution in [3.63, 3.8) is 0 Å². The quantitative estimate of drug-likeness (QED) is 0.465. The number of ether oxygens (including phenoxy) is 2. The average molecular weight is 455 g/mol. The summed E-state index contributed by atoms with van der Waals surface area (Å²) in [6.45, 7) is 15.3. The lowest BCUT2D eigenvalue weighted by molar-refractivity contribution is 0.209. The number of likely N-dealkylation sites (tertiary alicyclic amines) is 1. The summed E-state index contributed by atoms with van der Waals surface area (Å²) in [7, 11) is 3.11. The highest BCUT2D eigenvalue weighted by Crippen LogP contribution is 2.38. The zero-order valence-corrected chi connectivity index (χ0v) is 21.1. The first-order chi connectivity index (χ1) is 16.0. The van der Waals surface area contributed by atoms with Crippen LogP contribution in [0.1, 0.15) is 57.2 Å². The van der Waals surface area contributed by atoms with Crippen molar-refractivity contribution in [3.05, 3.63) is 65.5 Å². The first-order valence-electron chi connectivity index (χ1n) is 11.9. The molecule has 0 aromatic heterocycles. The van der Waals surface area contributed by atoms with Gasteiger partial charge < -0.3 is 14.4 Å². The van der Waals surface area contributed by atoms with Gasteiger partial charge in [0, 0.05) is 6.54 Å². The van der Waals surface area contributed by atoms with Crippen LogP contribution in [0.5, 0.6) is 11.5 Å². The van der Waals surface area contributed by atoms with Gasteiger partial charge in [0.2, 0.25) is 0 Å². The molecule has 1 aliphatic rings. The molecule has 33 heavy (non-hydrogen) atoms. The topological polar surface area (TPSA) is 45.5 Å². The Balaban J connectivity index is 0.00000129. The summed E-state index contributed by atoms with van der Waals surface area (Å²) in [5, 5.41) is 9.45. The van der Waals surface area contributed by atoms with Gasteiger partial charge in [-0.2, -0.15) is 5.26 Å². The molecule has 2 aromatic carbocycles. The highest BCUT2D eigenvalue weighted by Gasteiger charge is 2.23. The number of benzene rings is 2. The number of halogens is 1. The minimum absolute atomic E-state index is 0.192. The zero-order chi connectivity index (χ0) is 24.8. The predicted molar refractivity (Wildman–Crippen MR) is 135 cm³/mol. The molecule has 0 unspecified atom stereocenters. The molecule has 0 aliphatic carbocycles. The normalized spacial score (nSPS) is 13.5. The van der Waals surface area contributed by atoms with Crippen molar-refractivity contribution >= 4 is 5.57 Å². The minimum Gasteiger partial charge on any atom is -0.493 e. The Morgan fingerprint density at radius 3 is 2.18 bits per heavy atom. The molecule has 2 aromatic rings. The van der Waals surface area contributed by atoms with E-state index in [1.807, 2.05) is 52.0 Å². The lowest BCUT2D eigenvalue weighted by atomic mass is 9.85. The van der Waals surface area contributed by atoms with Crippen molar-refractivity contribution in [2.75, 3.05) is 33.9 Å². The first kappa shape index (κ1) is 28.2. The van der Waals surface area contributed by atoms with Crippen molar-refractivity contribution < 1.29 is 13.9 Å². The number of allylic oxidation sites excluding steroid dienone is 1. The van der Waals surface area contributed by atoms with Crippen LogP contribution in [0.3, 0.4) is 0 Å². The molecule has 1 heterocycles. The standard InChI is InChI=1S/C24H27FN2O2.2C2H6/c1-17(20-14-21(16-26)24(29-3)23(15-20)28-2)19-9-12-27(13-10-19)11-8-18-4-6-22(25)7-5-18;2*1-2/h4-7,14-15,19H,1,8-13H2,2-3H3;2*1-2H3. The lowest BCUT2D eigenvalue weighted by Crippen LogP contribution is -2.35. The second-order valence-corrected chi connectivity index (χ2v) is 7.39. The third-order valence-electron chi connectivity index (χ3n) is 5.68. The van der Waals surface area contributed by atoms with E-state index in [2.05, 4.69) is 17.5 Å². The van der Waals surface area contributed by atoms with Crippen LogP contribution in [0.4, 0.5) is 4.39 Å². The zero-order valence-electron chi connectivity index (χ0n) is 21.1. The second-order valence-electron chi connectivity index (χ2n) is 7.39. The van der Waals surface area contributed by atoms with E-state index in [0.717, 1.165) is 55.6 Å². The van der Waals surface area contributed by atoms with Gasteiger partial charge >= 0.3 is 0 Å². The van der Waals surface area contributed by atoms with Crippen LogP contribution in [0.2, 0.25) is 0 Å². The van der Waals surface area contributed by atoms with E-state index >= 15 is 0 Å². The number of rotatable bonds is 7. The molecule has 5 heteroatoms. The number of nitrogens with zero attached hydrogens (tertiary/aromatic N) is 2. The average Bonchev–Trinajstić information content (AvgIpc) is 2.89. The number of nitriles is 1. The van der Waals surface area contributed by atoms with Gasteiger partial charge in [0.05, 0.1) is 19.8 Å². The highest BCUT2D eigenvalue weighted by atomic mass is 19.1. The van der Waals surface area contributed by atoms with Gasteiger partial charge in [-0.1, -0.05) is 46.4 Å². The number of methoxy groups -OCH3 is 2. The van der Waals surface area contributed by atoms with Gasteiger partial charge in [0.1, 0.15) is 11.9 Å². The van der Waals surface area contributed by atoms with Crippen LogP contribution in [-0.2, 0) is 6.42 Å². The molecule has 180 valence electrons. The Labute approximate surface area is 199 Å². The molecule has 0 N–H and O–H groups in total. The maximum Gasteiger partial charge on any atom is 0.178 e. The molecule has 1 fully saturated rings. The van der Waals surface area contributed by atoms with Crippen molar-refractivity contribution in [3.8, 4) is 17.6 Å². The maximum atomic E-state index is 13.0. The largest absolute Gasteiger partial charge is 0.493 e. The minimum atomic E-state index is -0.192. The van der Waals surface area contributed by atoms with Crippen LogP contribution in [0.25, 0.3) is 5.57 Å². The van der Waals surface area contributed by atoms with Crippen LogP contribution in [0.15, 0.2) is 43.0 Å². The summed E-state index contributed by atoms with van der Waals surface area (Å²) in [6, 6.07) is 12.7. The fourth-order valence-corrected chi connectivity index (χ4v) is 3.91. The summed E-state index contributed by atoms with van der Waals surface area (Å²) >= 11 is 0.